The molecule has 0 spiro atoms. The molecule has 7 nitrogen and oxygen atoms in total. The van der Waals surface area contributed by atoms with E-state index in [4.69, 9.17) is 4.74 Å². The van der Waals surface area contributed by atoms with E-state index in [1.165, 1.54) is 0 Å². The third kappa shape index (κ3) is 2.73. The van der Waals surface area contributed by atoms with Gasteiger partial charge >= 0.3 is 0 Å². The number of nitrogens with zero attached hydrogens (tertiary/aromatic N) is 5. The van der Waals surface area contributed by atoms with E-state index in [1.54, 1.807) is 6.33 Å². The molecule has 1 atom stereocenters. The van der Waals surface area contributed by atoms with Gasteiger partial charge in [0.25, 0.3) is 0 Å². The number of morpholine rings is 1. The molecule has 0 aliphatic carbocycles. The Hall–Kier alpha value is -2.15. The Morgan fingerprint density at radius 3 is 2.92 bits per heavy atom. The van der Waals surface area contributed by atoms with Gasteiger partial charge in [0.05, 0.1) is 24.5 Å². The number of amides is 1. The topological polar surface area (TPSA) is 63.5 Å². The molecule has 2 fully saturated rings. The highest BCUT2D eigenvalue weighted by Crippen LogP contribution is 2.28. The lowest BCUT2D eigenvalue weighted by Crippen LogP contribution is -2.48. The molecular formula is C17H23N5O2. The molecule has 2 aromatic rings. The van der Waals surface area contributed by atoms with Crippen molar-refractivity contribution in [2.75, 3.05) is 44.3 Å². The molecule has 2 aromatic heterocycles. The van der Waals surface area contributed by atoms with E-state index in [0.29, 0.717) is 26.3 Å². The van der Waals surface area contributed by atoms with Crippen molar-refractivity contribution >= 4 is 22.8 Å². The summed E-state index contributed by atoms with van der Waals surface area (Å²) in [6.07, 6.45) is 5.59. The van der Waals surface area contributed by atoms with Crippen LogP contribution in [0.1, 0.15) is 12.8 Å². The van der Waals surface area contributed by atoms with Crippen molar-refractivity contribution in [1.82, 2.24) is 19.4 Å². The lowest BCUT2D eigenvalue weighted by atomic mass is 9.96. The van der Waals surface area contributed by atoms with Crippen LogP contribution >= 0.6 is 0 Å². The summed E-state index contributed by atoms with van der Waals surface area (Å²) in [5, 5.41) is 1.06. The van der Waals surface area contributed by atoms with E-state index < -0.39 is 0 Å². The number of ether oxygens (including phenoxy) is 1. The fraction of sp³-hybridized carbons (Fsp3) is 0.588. The Kier molecular flexibility index (Phi) is 4.10. The second-order valence-electron chi connectivity index (χ2n) is 6.58. The Labute approximate surface area is 141 Å². The first-order valence-electron chi connectivity index (χ1n) is 8.61. The quantitative estimate of drug-likeness (QED) is 0.824. The molecule has 1 amide bonds. The lowest BCUT2D eigenvalue weighted by molar-refractivity contribution is -0.139. The van der Waals surface area contributed by atoms with E-state index in [-0.39, 0.29) is 11.8 Å². The lowest BCUT2D eigenvalue weighted by Gasteiger charge is -2.36. The van der Waals surface area contributed by atoms with Crippen molar-refractivity contribution in [3.8, 4) is 0 Å². The van der Waals surface area contributed by atoms with Gasteiger partial charge in [-0.25, -0.2) is 9.97 Å². The first kappa shape index (κ1) is 15.4. The van der Waals surface area contributed by atoms with Gasteiger partial charge in [0, 0.05) is 39.4 Å². The molecule has 2 aliphatic heterocycles. The summed E-state index contributed by atoms with van der Waals surface area (Å²) in [6, 6.07) is 2.05. The van der Waals surface area contributed by atoms with Crippen molar-refractivity contribution in [1.29, 1.82) is 0 Å². The SMILES string of the molecule is Cn1ccc2c(N3CCCC(C(=O)N4CCOCC4)C3)ncnc21. The van der Waals surface area contributed by atoms with Crippen molar-refractivity contribution < 1.29 is 9.53 Å². The van der Waals surface area contributed by atoms with Crippen molar-refractivity contribution in [2.45, 2.75) is 12.8 Å². The van der Waals surface area contributed by atoms with Crippen LogP contribution in [0.3, 0.4) is 0 Å². The van der Waals surface area contributed by atoms with Crippen LogP contribution in [0.25, 0.3) is 11.0 Å². The van der Waals surface area contributed by atoms with Crippen LogP contribution in [0.15, 0.2) is 18.6 Å². The van der Waals surface area contributed by atoms with Crippen LogP contribution < -0.4 is 4.90 Å². The third-order valence-corrected chi connectivity index (χ3v) is 5.03. The number of hydrogen-bond acceptors (Lipinski definition) is 5. The molecule has 0 saturated carbocycles. The maximum atomic E-state index is 12.8. The van der Waals surface area contributed by atoms with Gasteiger partial charge in [0.15, 0.2) is 0 Å². The predicted molar refractivity (Wildman–Crippen MR) is 90.8 cm³/mol. The number of hydrogen-bond donors (Lipinski definition) is 0. The monoisotopic (exact) mass is 329 g/mol. The predicted octanol–water partition coefficient (Wildman–Crippen LogP) is 1.04. The molecule has 1 unspecified atom stereocenters. The summed E-state index contributed by atoms with van der Waals surface area (Å²) in [4.78, 5) is 25.9. The van der Waals surface area contributed by atoms with E-state index >= 15 is 0 Å². The average molecular weight is 329 g/mol. The number of rotatable bonds is 2. The molecular weight excluding hydrogens is 306 g/mol. The summed E-state index contributed by atoms with van der Waals surface area (Å²) in [5.41, 5.74) is 0.932. The Morgan fingerprint density at radius 2 is 2.08 bits per heavy atom. The van der Waals surface area contributed by atoms with Crippen LogP contribution in [0.2, 0.25) is 0 Å². The standard InChI is InChI=1S/C17H23N5O2/c1-20-6-4-14-15(20)18-12-19-16(14)22-5-2-3-13(11-22)17(23)21-7-9-24-10-8-21/h4,6,12-13H,2-3,5,7-11H2,1H3. The zero-order chi connectivity index (χ0) is 16.5. The largest absolute Gasteiger partial charge is 0.378 e. The fourth-order valence-corrected chi connectivity index (χ4v) is 3.73. The summed E-state index contributed by atoms with van der Waals surface area (Å²) in [6.45, 7) is 4.40. The summed E-state index contributed by atoms with van der Waals surface area (Å²) in [5.74, 6) is 1.26. The first-order chi connectivity index (χ1) is 11.7. The maximum absolute atomic E-state index is 12.8. The summed E-state index contributed by atoms with van der Waals surface area (Å²) in [7, 11) is 1.99. The molecule has 128 valence electrons. The van der Waals surface area contributed by atoms with Gasteiger partial charge < -0.3 is 19.1 Å². The number of aromatic nitrogens is 3. The van der Waals surface area contributed by atoms with Crippen LogP contribution in [0.5, 0.6) is 0 Å². The minimum atomic E-state index is 0.0468. The zero-order valence-corrected chi connectivity index (χ0v) is 14.0. The van der Waals surface area contributed by atoms with Crippen LogP contribution in [0.4, 0.5) is 5.82 Å². The second kappa shape index (κ2) is 6.39. The minimum absolute atomic E-state index is 0.0468. The number of aryl methyl sites for hydroxylation is 1. The molecule has 0 N–H and O–H groups in total. The summed E-state index contributed by atoms with van der Waals surface area (Å²) < 4.78 is 7.36. The normalized spacial score (nSPS) is 22.1. The number of carbonyl (C=O) groups excluding carboxylic acids is 1. The maximum Gasteiger partial charge on any atom is 0.227 e. The number of carbonyl (C=O) groups is 1. The molecule has 4 heterocycles. The molecule has 0 bridgehead atoms. The van der Waals surface area contributed by atoms with Crippen LogP contribution in [-0.4, -0.2) is 64.7 Å². The molecule has 7 heteroatoms. The van der Waals surface area contributed by atoms with Gasteiger partial charge in [-0.15, -0.1) is 0 Å². The molecule has 0 aromatic carbocycles. The average Bonchev–Trinajstić information content (AvgIpc) is 3.03. The highest BCUT2D eigenvalue weighted by molar-refractivity contribution is 5.88. The van der Waals surface area contributed by atoms with Gasteiger partial charge in [-0.3, -0.25) is 4.79 Å². The van der Waals surface area contributed by atoms with Crippen molar-refractivity contribution in [3.63, 3.8) is 0 Å². The Bertz CT molecular complexity index is 738. The molecule has 2 aliphatic rings. The Balaban J connectivity index is 1.54. The zero-order valence-electron chi connectivity index (χ0n) is 14.0. The van der Waals surface area contributed by atoms with E-state index in [9.17, 15) is 4.79 Å². The van der Waals surface area contributed by atoms with E-state index in [2.05, 4.69) is 20.9 Å². The molecule has 4 rings (SSSR count). The second-order valence-corrected chi connectivity index (χ2v) is 6.58. The fourth-order valence-electron chi connectivity index (χ4n) is 3.73. The van der Waals surface area contributed by atoms with Crippen LogP contribution in [-0.2, 0) is 16.6 Å². The molecule has 0 radical (unpaired) electrons. The van der Waals surface area contributed by atoms with E-state index in [0.717, 1.165) is 42.8 Å². The highest BCUT2D eigenvalue weighted by atomic mass is 16.5. The Morgan fingerprint density at radius 1 is 1.25 bits per heavy atom. The van der Waals surface area contributed by atoms with Crippen molar-refractivity contribution in [3.05, 3.63) is 18.6 Å². The van der Waals surface area contributed by atoms with Gasteiger partial charge in [0.1, 0.15) is 17.8 Å². The van der Waals surface area contributed by atoms with Gasteiger partial charge in [-0.1, -0.05) is 0 Å². The minimum Gasteiger partial charge on any atom is -0.378 e. The smallest absolute Gasteiger partial charge is 0.227 e. The number of anilines is 1. The number of piperidine rings is 1. The number of fused-ring (bicyclic) bond motifs is 1. The van der Waals surface area contributed by atoms with Gasteiger partial charge in [-0.05, 0) is 18.9 Å². The first-order valence-corrected chi connectivity index (χ1v) is 8.61. The van der Waals surface area contributed by atoms with Crippen LogP contribution in [0, 0.1) is 5.92 Å². The summed E-state index contributed by atoms with van der Waals surface area (Å²) >= 11 is 0. The van der Waals surface area contributed by atoms with E-state index in [1.807, 2.05) is 22.7 Å². The highest BCUT2D eigenvalue weighted by Gasteiger charge is 2.31. The van der Waals surface area contributed by atoms with Gasteiger partial charge in [0.2, 0.25) is 5.91 Å². The molecule has 24 heavy (non-hydrogen) atoms. The third-order valence-electron chi connectivity index (χ3n) is 5.03. The van der Waals surface area contributed by atoms with Crippen molar-refractivity contribution in [2.24, 2.45) is 13.0 Å². The molecule has 2 saturated heterocycles. The van der Waals surface area contributed by atoms with Gasteiger partial charge in [-0.2, -0.15) is 0 Å².